The Morgan fingerprint density at radius 1 is 1.09 bits per heavy atom. The first-order valence-corrected chi connectivity index (χ1v) is 10.1. The summed E-state index contributed by atoms with van der Waals surface area (Å²) in [6, 6.07) is 15.1. The van der Waals surface area contributed by atoms with E-state index in [4.69, 9.17) is 4.42 Å². The van der Waals surface area contributed by atoms with Gasteiger partial charge in [0.1, 0.15) is 11.5 Å². The van der Waals surface area contributed by atoms with E-state index in [0.717, 1.165) is 10.9 Å². The van der Waals surface area contributed by atoms with Gasteiger partial charge in [0.2, 0.25) is 0 Å². The number of para-hydroxylation sites is 1. The van der Waals surface area contributed by atoms with Gasteiger partial charge in [-0.05, 0) is 30.3 Å². The Labute approximate surface area is 186 Å². The SMILES string of the molecule is O=C1C(=O)N(Cc2ccco2)C(c2c[nH]c3ccccc23)/C1=C(\O)c1ccc([N+](=O)[O-])cc1. The van der Waals surface area contributed by atoms with Crippen molar-refractivity contribution >= 4 is 34.0 Å². The van der Waals surface area contributed by atoms with E-state index in [1.807, 2.05) is 24.3 Å². The van der Waals surface area contributed by atoms with Crippen molar-refractivity contribution in [2.24, 2.45) is 0 Å². The number of hydrogen-bond donors (Lipinski definition) is 2. The van der Waals surface area contributed by atoms with Crippen molar-refractivity contribution in [3.8, 4) is 0 Å². The highest BCUT2D eigenvalue weighted by atomic mass is 16.6. The number of fused-ring (bicyclic) bond motifs is 1. The number of Topliss-reactive ketones (excluding diaryl/α,β-unsaturated/α-hetero) is 1. The fourth-order valence-electron chi connectivity index (χ4n) is 4.15. The molecular formula is C24H17N3O6. The fourth-order valence-corrected chi connectivity index (χ4v) is 4.15. The molecule has 0 spiro atoms. The fraction of sp³-hybridized carbons (Fsp3) is 0.0833. The topological polar surface area (TPSA) is 130 Å². The van der Waals surface area contributed by atoms with Crippen molar-refractivity contribution in [1.29, 1.82) is 0 Å². The minimum absolute atomic E-state index is 0.0266. The molecule has 1 unspecified atom stereocenters. The molecule has 1 saturated heterocycles. The minimum atomic E-state index is -0.888. The van der Waals surface area contributed by atoms with Crippen LogP contribution in [0.1, 0.15) is 22.9 Å². The molecule has 5 rings (SSSR count). The van der Waals surface area contributed by atoms with E-state index in [-0.39, 0.29) is 23.4 Å². The second kappa shape index (κ2) is 7.79. The molecule has 4 aromatic rings. The van der Waals surface area contributed by atoms with Crippen LogP contribution in [-0.4, -0.2) is 31.6 Å². The van der Waals surface area contributed by atoms with Crippen LogP contribution in [0.5, 0.6) is 0 Å². The summed E-state index contributed by atoms with van der Waals surface area (Å²) in [4.78, 5) is 41.1. The van der Waals surface area contributed by atoms with Gasteiger partial charge in [0.15, 0.2) is 0 Å². The molecule has 3 heterocycles. The van der Waals surface area contributed by atoms with E-state index < -0.39 is 28.4 Å². The molecule has 164 valence electrons. The summed E-state index contributed by atoms with van der Waals surface area (Å²) >= 11 is 0. The van der Waals surface area contributed by atoms with Gasteiger partial charge in [-0.3, -0.25) is 19.7 Å². The number of aromatic amines is 1. The molecule has 0 radical (unpaired) electrons. The van der Waals surface area contributed by atoms with Crippen LogP contribution >= 0.6 is 0 Å². The number of aliphatic hydroxyl groups is 1. The average Bonchev–Trinajstić information content (AvgIpc) is 3.54. The Morgan fingerprint density at radius 3 is 2.55 bits per heavy atom. The number of nitrogens with one attached hydrogen (secondary N) is 1. The van der Waals surface area contributed by atoms with Crippen molar-refractivity contribution in [2.45, 2.75) is 12.6 Å². The second-order valence-corrected chi connectivity index (χ2v) is 7.60. The molecule has 0 bridgehead atoms. The zero-order valence-electron chi connectivity index (χ0n) is 17.1. The van der Waals surface area contributed by atoms with Gasteiger partial charge in [-0.1, -0.05) is 18.2 Å². The monoisotopic (exact) mass is 443 g/mol. The molecule has 2 aromatic carbocycles. The van der Waals surface area contributed by atoms with Crippen LogP contribution in [0.4, 0.5) is 5.69 Å². The van der Waals surface area contributed by atoms with Crippen LogP contribution < -0.4 is 0 Å². The molecule has 1 atom stereocenters. The van der Waals surface area contributed by atoms with Crippen LogP contribution in [0.3, 0.4) is 0 Å². The number of aliphatic hydroxyl groups excluding tert-OH is 1. The summed E-state index contributed by atoms with van der Waals surface area (Å²) in [6.45, 7) is 0.0266. The number of nitrogens with zero attached hydrogens (tertiary/aromatic N) is 2. The third-order valence-corrected chi connectivity index (χ3v) is 5.71. The summed E-state index contributed by atoms with van der Waals surface area (Å²) in [5.41, 5.74) is 1.40. The van der Waals surface area contributed by atoms with Gasteiger partial charge in [0.25, 0.3) is 17.4 Å². The Morgan fingerprint density at radius 2 is 1.85 bits per heavy atom. The van der Waals surface area contributed by atoms with Crippen LogP contribution in [0.2, 0.25) is 0 Å². The zero-order chi connectivity index (χ0) is 23.1. The first-order chi connectivity index (χ1) is 16.0. The average molecular weight is 443 g/mol. The van der Waals surface area contributed by atoms with Gasteiger partial charge >= 0.3 is 0 Å². The molecule has 33 heavy (non-hydrogen) atoms. The van der Waals surface area contributed by atoms with Gasteiger partial charge in [-0.15, -0.1) is 0 Å². The van der Waals surface area contributed by atoms with Crippen molar-refractivity contribution in [3.63, 3.8) is 0 Å². The summed E-state index contributed by atoms with van der Waals surface area (Å²) in [5, 5.41) is 22.9. The largest absolute Gasteiger partial charge is 0.507 e. The van der Waals surface area contributed by atoms with Crippen molar-refractivity contribution in [3.05, 3.63) is 106 Å². The van der Waals surface area contributed by atoms with Crippen molar-refractivity contribution in [2.75, 3.05) is 0 Å². The Kier molecular flexibility index (Phi) is 4.78. The third-order valence-electron chi connectivity index (χ3n) is 5.71. The van der Waals surface area contributed by atoms with Crippen molar-refractivity contribution < 1.29 is 24.0 Å². The molecule has 2 aromatic heterocycles. The van der Waals surface area contributed by atoms with E-state index in [1.165, 1.54) is 35.4 Å². The predicted molar refractivity (Wildman–Crippen MR) is 118 cm³/mol. The van der Waals surface area contributed by atoms with E-state index in [9.17, 15) is 24.8 Å². The number of ketones is 1. The maximum Gasteiger partial charge on any atom is 0.296 e. The number of furan rings is 1. The first-order valence-electron chi connectivity index (χ1n) is 10.1. The molecule has 2 N–H and O–H groups in total. The number of benzene rings is 2. The maximum absolute atomic E-state index is 13.1. The lowest BCUT2D eigenvalue weighted by atomic mass is 9.95. The summed E-state index contributed by atoms with van der Waals surface area (Å²) < 4.78 is 5.39. The highest BCUT2D eigenvalue weighted by molar-refractivity contribution is 6.46. The molecule has 9 nitrogen and oxygen atoms in total. The number of carbonyl (C=O) groups excluding carboxylic acids is 2. The Balaban J connectivity index is 1.69. The lowest BCUT2D eigenvalue weighted by Gasteiger charge is -2.24. The van der Waals surface area contributed by atoms with Crippen LogP contribution in [-0.2, 0) is 16.1 Å². The summed E-state index contributed by atoms with van der Waals surface area (Å²) in [5.74, 6) is -1.53. The molecule has 1 amide bonds. The standard InChI is InChI=1S/C24H17N3O6/c28-22(14-7-9-15(10-8-14)27(31)32)20-21(18-12-25-19-6-2-1-5-17(18)19)26(24(30)23(20)29)13-16-4-3-11-33-16/h1-12,21,25,28H,13H2/b22-20+. The lowest BCUT2D eigenvalue weighted by molar-refractivity contribution is -0.384. The van der Waals surface area contributed by atoms with Gasteiger partial charge < -0.3 is 19.4 Å². The summed E-state index contributed by atoms with van der Waals surface area (Å²) in [7, 11) is 0. The lowest BCUT2D eigenvalue weighted by Crippen LogP contribution is -2.29. The number of hydrogen-bond acceptors (Lipinski definition) is 6. The molecular weight excluding hydrogens is 426 g/mol. The van der Waals surface area contributed by atoms with Gasteiger partial charge in [0.05, 0.1) is 29.3 Å². The normalized spacial score (nSPS) is 17.7. The van der Waals surface area contributed by atoms with Gasteiger partial charge in [-0.25, -0.2) is 0 Å². The quantitative estimate of drug-likeness (QED) is 0.156. The number of amides is 1. The Bertz CT molecular complexity index is 1420. The minimum Gasteiger partial charge on any atom is -0.507 e. The summed E-state index contributed by atoms with van der Waals surface area (Å²) in [6.07, 6.45) is 3.18. The number of rotatable bonds is 5. The molecule has 0 aliphatic carbocycles. The number of non-ortho nitro benzene ring substituents is 1. The van der Waals surface area contributed by atoms with E-state index >= 15 is 0 Å². The smallest absolute Gasteiger partial charge is 0.296 e. The maximum atomic E-state index is 13.1. The van der Waals surface area contributed by atoms with Gasteiger partial charge in [0, 0.05) is 40.4 Å². The van der Waals surface area contributed by atoms with Crippen LogP contribution in [0.25, 0.3) is 16.7 Å². The molecule has 9 heteroatoms. The Hall–Kier alpha value is -4.66. The number of likely N-dealkylation sites (tertiary alicyclic amines) is 1. The number of carbonyl (C=O) groups is 2. The highest BCUT2D eigenvalue weighted by Gasteiger charge is 2.47. The molecule has 0 saturated carbocycles. The van der Waals surface area contributed by atoms with Gasteiger partial charge in [-0.2, -0.15) is 0 Å². The van der Waals surface area contributed by atoms with E-state index in [2.05, 4.69) is 4.98 Å². The number of aromatic nitrogens is 1. The molecule has 1 aliphatic rings. The number of nitro groups is 1. The highest BCUT2D eigenvalue weighted by Crippen LogP contribution is 2.42. The number of nitro benzene ring substituents is 1. The van der Waals surface area contributed by atoms with E-state index in [0.29, 0.717) is 11.3 Å². The third kappa shape index (κ3) is 3.35. The molecule has 1 aliphatic heterocycles. The van der Waals surface area contributed by atoms with Crippen LogP contribution in [0.15, 0.2) is 83.1 Å². The predicted octanol–water partition coefficient (Wildman–Crippen LogP) is 4.29. The van der Waals surface area contributed by atoms with E-state index in [1.54, 1.807) is 18.3 Å². The zero-order valence-corrected chi connectivity index (χ0v) is 17.1. The number of H-pyrrole nitrogens is 1. The first kappa shape index (κ1) is 20.3. The van der Waals surface area contributed by atoms with Crippen LogP contribution in [0, 0.1) is 10.1 Å². The second-order valence-electron chi connectivity index (χ2n) is 7.60. The molecule has 1 fully saturated rings. The van der Waals surface area contributed by atoms with Crippen molar-refractivity contribution in [1.82, 2.24) is 9.88 Å².